The minimum Gasteiger partial charge on any atom is -0.324 e. The molecule has 0 radical (unpaired) electrons. The fourth-order valence-corrected chi connectivity index (χ4v) is 4.12. The Morgan fingerprint density at radius 1 is 1.22 bits per heavy atom. The maximum absolute atomic E-state index is 12.8. The van der Waals surface area contributed by atoms with Crippen LogP contribution in [0.15, 0.2) is 47.5 Å². The van der Waals surface area contributed by atoms with Crippen molar-refractivity contribution in [3.8, 4) is 0 Å². The molecule has 0 aromatic heterocycles. The molecule has 3 rings (SSSR count). The van der Waals surface area contributed by atoms with Gasteiger partial charge in [0.15, 0.2) is 5.17 Å². The van der Waals surface area contributed by atoms with E-state index in [0.717, 1.165) is 27.9 Å². The lowest BCUT2D eigenvalue weighted by atomic mass is 10.1. The van der Waals surface area contributed by atoms with Gasteiger partial charge in [-0.05, 0) is 57.5 Å². The van der Waals surface area contributed by atoms with Crippen LogP contribution in [-0.4, -0.2) is 28.9 Å². The summed E-state index contributed by atoms with van der Waals surface area (Å²) in [5.41, 5.74) is 3.73. The standard InChI is InChI=1S/C21H24ClN3OS/c1-14-5-9-17(10-6-14)25(20-24-21(3,4)13-27-20)12-19(26)23-18-11-16(22)8-7-15(18)2/h5-11H,12-13H2,1-4H3,(H,23,26). The van der Waals surface area contributed by atoms with E-state index in [9.17, 15) is 4.79 Å². The number of anilines is 2. The van der Waals surface area contributed by atoms with E-state index in [0.29, 0.717) is 5.02 Å². The van der Waals surface area contributed by atoms with Gasteiger partial charge in [-0.1, -0.05) is 47.1 Å². The molecule has 6 heteroatoms. The minimum absolute atomic E-state index is 0.103. The Balaban J connectivity index is 1.84. The van der Waals surface area contributed by atoms with E-state index in [2.05, 4.69) is 19.2 Å². The highest BCUT2D eigenvalue weighted by Gasteiger charge is 2.30. The Labute approximate surface area is 170 Å². The predicted molar refractivity (Wildman–Crippen MR) is 117 cm³/mol. The van der Waals surface area contributed by atoms with Gasteiger partial charge in [-0.2, -0.15) is 0 Å². The zero-order valence-electron chi connectivity index (χ0n) is 16.0. The van der Waals surface area contributed by atoms with Crippen molar-refractivity contribution in [3.05, 3.63) is 58.6 Å². The van der Waals surface area contributed by atoms with Crippen LogP contribution in [0.5, 0.6) is 0 Å². The van der Waals surface area contributed by atoms with E-state index in [1.165, 1.54) is 5.56 Å². The molecular weight excluding hydrogens is 378 g/mol. The Hall–Kier alpha value is -1.98. The van der Waals surface area contributed by atoms with E-state index >= 15 is 0 Å². The Kier molecular flexibility index (Phi) is 5.82. The largest absolute Gasteiger partial charge is 0.324 e. The monoisotopic (exact) mass is 401 g/mol. The van der Waals surface area contributed by atoms with Gasteiger partial charge in [0.05, 0.1) is 5.54 Å². The van der Waals surface area contributed by atoms with E-state index in [1.807, 2.05) is 55.1 Å². The average Bonchev–Trinajstić information content (AvgIpc) is 2.97. The quantitative estimate of drug-likeness (QED) is 0.757. The number of amides is 1. The molecule has 0 spiro atoms. The second kappa shape index (κ2) is 7.95. The van der Waals surface area contributed by atoms with Crippen LogP contribution in [0, 0.1) is 13.8 Å². The van der Waals surface area contributed by atoms with Crippen LogP contribution in [0.3, 0.4) is 0 Å². The number of nitrogens with one attached hydrogen (secondary N) is 1. The number of nitrogens with zero attached hydrogens (tertiary/aromatic N) is 2. The number of hydrogen-bond donors (Lipinski definition) is 1. The van der Waals surface area contributed by atoms with Gasteiger partial charge in [0.25, 0.3) is 0 Å². The highest BCUT2D eigenvalue weighted by Crippen LogP contribution is 2.31. The molecule has 2 aromatic carbocycles. The number of amidine groups is 1. The summed E-state index contributed by atoms with van der Waals surface area (Å²) in [6, 6.07) is 13.6. The summed E-state index contributed by atoms with van der Waals surface area (Å²) in [4.78, 5) is 19.6. The number of rotatable bonds is 4. The van der Waals surface area contributed by atoms with Gasteiger partial charge in [0.1, 0.15) is 6.54 Å². The van der Waals surface area contributed by atoms with Gasteiger partial charge in [-0.3, -0.25) is 9.79 Å². The topological polar surface area (TPSA) is 44.7 Å². The molecule has 0 atom stereocenters. The third-order valence-electron chi connectivity index (χ3n) is 4.30. The van der Waals surface area contributed by atoms with Gasteiger partial charge in [-0.25, -0.2) is 0 Å². The molecule has 1 aliphatic rings. The van der Waals surface area contributed by atoms with Crippen molar-refractivity contribution in [3.63, 3.8) is 0 Å². The first-order chi connectivity index (χ1) is 12.7. The summed E-state index contributed by atoms with van der Waals surface area (Å²) in [7, 11) is 0. The lowest BCUT2D eigenvalue weighted by molar-refractivity contribution is -0.114. The molecule has 0 bridgehead atoms. The first kappa shape index (κ1) is 19.8. The highest BCUT2D eigenvalue weighted by molar-refractivity contribution is 8.14. The smallest absolute Gasteiger partial charge is 0.244 e. The number of carbonyl (C=O) groups excluding carboxylic acids is 1. The molecule has 0 fully saturated rings. The summed E-state index contributed by atoms with van der Waals surface area (Å²) in [5, 5.41) is 4.45. The minimum atomic E-state index is -0.122. The maximum Gasteiger partial charge on any atom is 0.244 e. The zero-order valence-corrected chi connectivity index (χ0v) is 17.6. The maximum atomic E-state index is 12.8. The molecule has 0 unspecified atom stereocenters. The van der Waals surface area contributed by atoms with Crippen LogP contribution in [0.4, 0.5) is 11.4 Å². The second-order valence-corrected chi connectivity index (χ2v) is 8.80. The van der Waals surface area contributed by atoms with Gasteiger partial charge in [0.2, 0.25) is 5.91 Å². The molecule has 1 N–H and O–H groups in total. The van der Waals surface area contributed by atoms with Crippen LogP contribution in [-0.2, 0) is 4.79 Å². The van der Waals surface area contributed by atoms with E-state index in [4.69, 9.17) is 16.6 Å². The van der Waals surface area contributed by atoms with Gasteiger partial charge in [0, 0.05) is 22.2 Å². The normalized spacial score (nSPS) is 15.4. The van der Waals surface area contributed by atoms with Crippen LogP contribution < -0.4 is 10.2 Å². The van der Waals surface area contributed by atoms with Crippen LogP contribution >= 0.6 is 23.4 Å². The molecular formula is C21H24ClN3OS. The Bertz CT molecular complexity index is 877. The lowest BCUT2D eigenvalue weighted by Gasteiger charge is -2.24. The van der Waals surface area contributed by atoms with Crippen molar-refractivity contribution in [1.29, 1.82) is 0 Å². The third kappa shape index (κ3) is 5.05. The number of hydrogen-bond acceptors (Lipinski definition) is 4. The van der Waals surface area contributed by atoms with Crippen LogP contribution in [0.25, 0.3) is 0 Å². The number of aryl methyl sites for hydroxylation is 2. The molecule has 0 saturated carbocycles. The van der Waals surface area contributed by atoms with Crippen molar-refractivity contribution in [2.45, 2.75) is 33.2 Å². The first-order valence-corrected chi connectivity index (χ1v) is 10.2. The molecule has 0 saturated heterocycles. The van der Waals surface area contributed by atoms with E-state index in [-0.39, 0.29) is 18.0 Å². The number of thioether (sulfide) groups is 1. The molecule has 4 nitrogen and oxygen atoms in total. The first-order valence-electron chi connectivity index (χ1n) is 8.86. The highest BCUT2D eigenvalue weighted by atomic mass is 35.5. The molecule has 0 aliphatic carbocycles. The predicted octanol–water partition coefficient (Wildman–Crippen LogP) is 5.28. The Morgan fingerprint density at radius 2 is 1.93 bits per heavy atom. The third-order valence-corrected chi connectivity index (χ3v) is 5.96. The van der Waals surface area contributed by atoms with Crippen molar-refractivity contribution < 1.29 is 4.79 Å². The SMILES string of the molecule is Cc1ccc(N(CC(=O)Nc2cc(Cl)ccc2C)C2=NC(C)(C)CS2)cc1. The number of benzene rings is 2. The fourth-order valence-electron chi connectivity index (χ4n) is 2.76. The van der Waals surface area contributed by atoms with Crippen molar-refractivity contribution in [2.24, 2.45) is 4.99 Å². The van der Waals surface area contributed by atoms with Gasteiger partial charge < -0.3 is 10.2 Å². The number of aliphatic imine (C=N–C) groups is 1. The van der Waals surface area contributed by atoms with Crippen molar-refractivity contribution in [1.82, 2.24) is 0 Å². The van der Waals surface area contributed by atoms with Gasteiger partial charge in [-0.15, -0.1) is 0 Å². The van der Waals surface area contributed by atoms with E-state index < -0.39 is 0 Å². The number of halogens is 1. The summed E-state index contributed by atoms with van der Waals surface area (Å²) in [5.74, 6) is 0.800. The molecule has 142 valence electrons. The molecule has 2 aromatic rings. The second-order valence-electron chi connectivity index (χ2n) is 7.42. The Morgan fingerprint density at radius 3 is 2.56 bits per heavy atom. The lowest BCUT2D eigenvalue weighted by Crippen LogP contribution is -2.36. The van der Waals surface area contributed by atoms with Gasteiger partial charge >= 0.3 is 0 Å². The zero-order chi connectivity index (χ0) is 19.6. The molecule has 1 amide bonds. The summed E-state index contributed by atoms with van der Waals surface area (Å²) >= 11 is 7.75. The molecule has 1 heterocycles. The van der Waals surface area contributed by atoms with E-state index in [1.54, 1.807) is 17.8 Å². The summed E-state index contributed by atoms with van der Waals surface area (Å²) in [6.45, 7) is 8.40. The van der Waals surface area contributed by atoms with Crippen LogP contribution in [0.1, 0.15) is 25.0 Å². The average molecular weight is 402 g/mol. The number of carbonyl (C=O) groups is 1. The van der Waals surface area contributed by atoms with Crippen molar-refractivity contribution >= 4 is 45.8 Å². The fraction of sp³-hybridized carbons (Fsp3) is 0.333. The molecule has 1 aliphatic heterocycles. The summed E-state index contributed by atoms with van der Waals surface area (Å²) < 4.78 is 0. The summed E-state index contributed by atoms with van der Waals surface area (Å²) in [6.07, 6.45) is 0. The van der Waals surface area contributed by atoms with Crippen molar-refractivity contribution in [2.75, 3.05) is 22.5 Å². The molecule has 27 heavy (non-hydrogen) atoms. The van der Waals surface area contributed by atoms with Crippen LogP contribution in [0.2, 0.25) is 5.02 Å².